The van der Waals surface area contributed by atoms with Gasteiger partial charge in [0.2, 0.25) is 0 Å². The van der Waals surface area contributed by atoms with Crippen molar-refractivity contribution in [2.45, 2.75) is 24.9 Å². The molecule has 7 rings (SSSR count). The minimum absolute atomic E-state index is 0.0950. The van der Waals surface area contributed by atoms with Crippen LogP contribution in [-0.4, -0.2) is 29.4 Å². The number of para-hydroxylation sites is 1. The zero-order chi connectivity index (χ0) is 26.0. The van der Waals surface area contributed by atoms with E-state index in [4.69, 9.17) is 0 Å². The zero-order valence-electron chi connectivity index (χ0n) is 20.9. The van der Waals surface area contributed by atoms with Crippen molar-refractivity contribution in [1.82, 2.24) is 0 Å². The van der Waals surface area contributed by atoms with E-state index in [0.717, 1.165) is 22.4 Å². The van der Waals surface area contributed by atoms with Crippen LogP contribution in [0.2, 0.25) is 0 Å². The Morgan fingerprint density at radius 1 is 0.737 bits per heavy atom. The van der Waals surface area contributed by atoms with Crippen molar-refractivity contribution in [2.24, 2.45) is 5.41 Å². The third-order valence-electron chi connectivity index (χ3n) is 8.48. The van der Waals surface area contributed by atoms with Gasteiger partial charge in [-0.2, -0.15) is 0 Å². The maximum absolute atomic E-state index is 14.5. The SMILES string of the molecule is Cc1ccc(C(=O)[C@H]2[C@H](c3ccccc3)C3(C(=O)c4ccccc4C3=O)[C@@H]3C=Cc4ccccc4N32)cc1. The van der Waals surface area contributed by atoms with Crippen LogP contribution in [0, 0.1) is 12.3 Å². The van der Waals surface area contributed by atoms with Gasteiger partial charge < -0.3 is 4.90 Å². The summed E-state index contributed by atoms with van der Waals surface area (Å²) in [6.07, 6.45) is 3.95. The molecule has 0 unspecified atom stereocenters. The summed E-state index contributed by atoms with van der Waals surface area (Å²) in [6.45, 7) is 1.99. The molecular formula is C34H25NO3. The first-order chi connectivity index (χ1) is 18.5. The minimum atomic E-state index is -1.46. The molecule has 0 radical (unpaired) electrons. The number of anilines is 1. The quantitative estimate of drug-likeness (QED) is 0.247. The largest absolute Gasteiger partial charge is 0.352 e. The van der Waals surface area contributed by atoms with Crippen molar-refractivity contribution >= 4 is 29.1 Å². The topological polar surface area (TPSA) is 54.5 Å². The second kappa shape index (κ2) is 8.22. The van der Waals surface area contributed by atoms with E-state index in [-0.39, 0.29) is 17.3 Å². The van der Waals surface area contributed by atoms with E-state index in [1.54, 1.807) is 24.3 Å². The van der Waals surface area contributed by atoms with Crippen molar-refractivity contribution in [2.75, 3.05) is 4.90 Å². The molecule has 1 fully saturated rings. The normalized spacial score (nSPS) is 22.3. The molecular weight excluding hydrogens is 470 g/mol. The number of carbonyl (C=O) groups is 3. The highest BCUT2D eigenvalue weighted by atomic mass is 16.2. The summed E-state index contributed by atoms with van der Waals surface area (Å²) in [4.78, 5) is 45.7. The summed E-state index contributed by atoms with van der Waals surface area (Å²) < 4.78 is 0. The highest BCUT2D eigenvalue weighted by molar-refractivity contribution is 6.32. The Morgan fingerprint density at radius 3 is 2.03 bits per heavy atom. The lowest BCUT2D eigenvalue weighted by molar-refractivity contribution is 0.0666. The Kier molecular flexibility index (Phi) is 4.89. The molecule has 3 atom stereocenters. The lowest BCUT2D eigenvalue weighted by Gasteiger charge is -2.37. The fraction of sp³-hybridized carbons (Fsp3) is 0.147. The molecule has 4 heteroatoms. The van der Waals surface area contributed by atoms with Gasteiger partial charge in [-0.25, -0.2) is 0 Å². The number of carbonyl (C=O) groups excluding carboxylic acids is 3. The summed E-state index contributed by atoms with van der Waals surface area (Å²) >= 11 is 0. The third-order valence-corrected chi connectivity index (χ3v) is 8.48. The van der Waals surface area contributed by atoms with Gasteiger partial charge in [-0.1, -0.05) is 115 Å². The van der Waals surface area contributed by atoms with Crippen LogP contribution in [0.5, 0.6) is 0 Å². The summed E-state index contributed by atoms with van der Waals surface area (Å²) in [6, 6.07) is 30.8. The van der Waals surface area contributed by atoms with Gasteiger partial charge in [0.1, 0.15) is 11.5 Å². The van der Waals surface area contributed by atoms with E-state index in [2.05, 4.69) is 4.90 Å². The summed E-state index contributed by atoms with van der Waals surface area (Å²) in [5.74, 6) is -1.18. The number of benzene rings is 4. The molecule has 4 aromatic rings. The van der Waals surface area contributed by atoms with E-state index in [9.17, 15) is 14.4 Å². The van der Waals surface area contributed by atoms with Crippen LogP contribution >= 0.6 is 0 Å². The molecule has 4 nitrogen and oxygen atoms in total. The lowest BCUT2D eigenvalue weighted by atomic mass is 9.64. The number of aryl methyl sites for hydroxylation is 1. The Hall–Kier alpha value is -4.57. The Labute approximate surface area is 221 Å². The van der Waals surface area contributed by atoms with Gasteiger partial charge in [0, 0.05) is 28.3 Å². The number of hydrogen-bond acceptors (Lipinski definition) is 4. The first-order valence-electron chi connectivity index (χ1n) is 12.9. The number of ketones is 3. The molecule has 2 aliphatic heterocycles. The average Bonchev–Trinajstić information content (AvgIpc) is 3.40. The van der Waals surface area contributed by atoms with Crippen molar-refractivity contribution < 1.29 is 14.4 Å². The molecule has 0 N–H and O–H groups in total. The summed E-state index contributed by atoms with van der Waals surface area (Å²) in [5.41, 5.74) is 3.69. The molecule has 0 amide bonds. The van der Waals surface area contributed by atoms with Crippen LogP contribution in [-0.2, 0) is 0 Å². The number of nitrogens with zero attached hydrogens (tertiary/aromatic N) is 1. The first-order valence-corrected chi connectivity index (χ1v) is 12.9. The van der Waals surface area contributed by atoms with E-state index in [1.807, 2.05) is 97.9 Å². The highest BCUT2D eigenvalue weighted by Gasteiger charge is 2.71. The third kappa shape index (κ3) is 2.89. The Bertz CT molecular complexity index is 1620. The first kappa shape index (κ1) is 22.6. The predicted molar refractivity (Wildman–Crippen MR) is 148 cm³/mol. The fourth-order valence-corrected chi connectivity index (χ4v) is 6.84. The van der Waals surface area contributed by atoms with Crippen molar-refractivity contribution in [3.05, 3.63) is 143 Å². The maximum atomic E-state index is 14.5. The summed E-state index contributed by atoms with van der Waals surface area (Å²) in [5, 5.41) is 0. The molecule has 0 bridgehead atoms. The maximum Gasteiger partial charge on any atom is 0.185 e. The Balaban J connectivity index is 1.54. The predicted octanol–water partition coefficient (Wildman–Crippen LogP) is 6.31. The molecule has 0 aromatic heterocycles. The zero-order valence-corrected chi connectivity index (χ0v) is 20.9. The standard InChI is InChI=1S/C34H25NO3/c1-21-15-17-24(18-16-21)31(36)30-29(23-10-3-2-4-11-23)34(32(37)25-12-6-7-13-26(25)33(34)38)28-20-19-22-9-5-8-14-27(22)35(28)30/h2-20,28-30H,1H3/t28-,29-,30+/m0/s1. The monoisotopic (exact) mass is 495 g/mol. The van der Waals surface area contributed by atoms with Gasteiger partial charge in [-0.15, -0.1) is 0 Å². The van der Waals surface area contributed by atoms with Crippen LogP contribution in [0.3, 0.4) is 0 Å². The van der Waals surface area contributed by atoms with Crippen molar-refractivity contribution in [3.8, 4) is 0 Å². The lowest BCUT2D eigenvalue weighted by Crippen LogP contribution is -2.48. The second-order valence-electron chi connectivity index (χ2n) is 10.4. The minimum Gasteiger partial charge on any atom is -0.352 e. The van der Waals surface area contributed by atoms with Crippen LogP contribution < -0.4 is 4.90 Å². The van der Waals surface area contributed by atoms with Crippen LogP contribution in [0.1, 0.15) is 53.7 Å². The van der Waals surface area contributed by atoms with Gasteiger partial charge in [-0.3, -0.25) is 14.4 Å². The molecule has 1 saturated heterocycles. The van der Waals surface area contributed by atoms with Gasteiger partial charge in [0.05, 0.1) is 6.04 Å². The van der Waals surface area contributed by atoms with Gasteiger partial charge in [0.15, 0.2) is 17.3 Å². The van der Waals surface area contributed by atoms with E-state index < -0.39 is 23.4 Å². The van der Waals surface area contributed by atoms with Crippen molar-refractivity contribution in [1.29, 1.82) is 0 Å². The smallest absolute Gasteiger partial charge is 0.185 e. The van der Waals surface area contributed by atoms with E-state index in [1.165, 1.54) is 0 Å². The Morgan fingerprint density at radius 2 is 1.34 bits per heavy atom. The van der Waals surface area contributed by atoms with Crippen LogP contribution in [0.25, 0.3) is 6.08 Å². The van der Waals surface area contributed by atoms with E-state index in [0.29, 0.717) is 16.7 Å². The molecule has 4 aromatic carbocycles. The molecule has 3 aliphatic rings. The number of rotatable bonds is 3. The molecule has 1 spiro atoms. The average molecular weight is 496 g/mol. The number of Topliss-reactive ketones (excluding diaryl/α,β-unsaturated/α-hetero) is 3. The highest BCUT2D eigenvalue weighted by Crippen LogP contribution is 2.60. The number of hydrogen-bond donors (Lipinski definition) is 0. The fourth-order valence-electron chi connectivity index (χ4n) is 6.84. The van der Waals surface area contributed by atoms with Crippen LogP contribution in [0.4, 0.5) is 5.69 Å². The van der Waals surface area contributed by atoms with Crippen LogP contribution in [0.15, 0.2) is 109 Å². The van der Waals surface area contributed by atoms with Gasteiger partial charge in [0.25, 0.3) is 0 Å². The molecule has 2 heterocycles. The van der Waals surface area contributed by atoms with Gasteiger partial charge >= 0.3 is 0 Å². The van der Waals surface area contributed by atoms with Crippen molar-refractivity contribution in [3.63, 3.8) is 0 Å². The van der Waals surface area contributed by atoms with E-state index >= 15 is 0 Å². The number of fused-ring (bicyclic) bond motifs is 5. The summed E-state index contributed by atoms with van der Waals surface area (Å²) in [7, 11) is 0. The molecule has 184 valence electrons. The molecule has 1 aliphatic carbocycles. The molecule has 0 saturated carbocycles. The second-order valence-corrected chi connectivity index (χ2v) is 10.4. The van der Waals surface area contributed by atoms with Gasteiger partial charge in [-0.05, 0) is 24.1 Å². The molecule has 38 heavy (non-hydrogen) atoms.